The van der Waals surface area contributed by atoms with E-state index in [4.69, 9.17) is 18.1 Å². The molecule has 4 N–H and O–H groups in total. The highest BCUT2D eigenvalue weighted by atomic mass is 32.2. The van der Waals surface area contributed by atoms with E-state index in [1.165, 1.54) is 21.0 Å². The maximum Gasteiger partial charge on any atom is 0.336 e. The molecule has 1 saturated carbocycles. The molecule has 362 valence electrons. The zero-order valence-electron chi connectivity index (χ0n) is 37.9. The van der Waals surface area contributed by atoms with Gasteiger partial charge in [0.15, 0.2) is 11.4 Å². The molecule has 4 aromatic rings. The Morgan fingerprint density at radius 2 is 1.54 bits per heavy atom. The van der Waals surface area contributed by atoms with E-state index in [-0.39, 0.29) is 48.6 Å². The molecule has 1 aliphatic carbocycles. The topological polar surface area (TPSA) is 212 Å². The summed E-state index contributed by atoms with van der Waals surface area (Å²) in [5.74, 6) is -7.01. The summed E-state index contributed by atoms with van der Waals surface area (Å²) in [6.07, 6.45) is 5.05. The Bertz CT molecular complexity index is 2520. The third kappa shape index (κ3) is 14.8. The zero-order chi connectivity index (χ0) is 48.1. The van der Waals surface area contributed by atoms with Gasteiger partial charge in [0.1, 0.15) is 29.6 Å². The van der Waals surface area contributed by atoms with Crippen LogP contribution in [0.5, 0.6) is 11.5 Å². The molecule has 4 atom stereocenters. The molecule has 3 aromatic carbocycles. The van der Waals surface area contributed by atoms with Gasteiger partial charge < -0.3 is 39.3 Å². The molecule has 0 bridgehead atoms. The average Bonchev–Trinajstić information content (AvgIpc) is 3.30. The molecule has 67 heavy (non-hydrogen) atoms. The van der Waals surface area contributed by atoms with E-state index in [2.05, 4.69) is 21.3 Å². The van der Waals surface area contributed by atoms with Gasteiger partial charge in [-0.1, -0.05) is 74.6 Å². The lowest BCUT2D eigenvalue weighted by atomic mass is 9.85. The summed E-state index contributed by atoms with van der Waals surface area (Å²) in [6.45, 7) is 5.04. The normalized spacial score (nSPS) is 16.6. The molecule has 1 aromatic heterocycles. The van der Waals surface area contributed by atoms with Crippen molar-refractivity contribution in [3.05, 3.63) is 105 Å². The van der Waals surface area contributed by atoms with Crippen LogP contribution in [-0.2, 0) is 46.9 Å². The van der Waals surface area contributed by atoms with Gasteiger partial charge in [0.05, 0.1) is 26.9 Å². The van der Waals surface area contributed by atoms with Crippen LogP contribution in [0.4, 0.5) is 8.78 Å². The van der Waals surface area contributed by atoms with Gasteiger partial charge in [-0.05, 0) is 73.9 Å². The Morgan fingerprint density at radius 1 is 0.851 bits per heavy atom. The van der Waals surface area contributed by atoms with Gasteiger partial charge in [-0.3, -0.25) is 24.1 Å². The number of carbonyl (C=O) groups is 4. The number of carbonyl (C=O) groups excluding carboxylic acids is 4. The van der Waals surface area contributed by atoms with Crippen molar-refractivity contribution in [2.45, 2.75) is 95.8 Å². The fourth-order valence-electron chi connectivity index (χ4n) is 8.45. The highest BCUT2D eigenvalue weighted by molar-refractivity contribution is 7.87. The second-order valence-electron chi connectivity index (χ2n) is 17.3. The van der Waals surface area contributed by atoms with Crippen LogP contribution >= 0.6 is 0 Å². The molecule has 16 nitrogen and oxygen atoms in total. The monoisotopic (exact) mass is 951 g/mol. The molecule has 1 aliphatic heterocycles. The van der Waals surface area contributed by atoms with E-state index in [1.807, 2.05) is 35.2 Å². The predicted molar refractivity (Wildman–Crippen MR) is 245 cm³/mol. The third-order valence-electron chi connectivity index (χ3n) is 12.1. The van der Waals surface area contributed by atoms with E-state index < -0.39 is 86.4 Å². The van der Waals surface area contributed by atoms with E-state index in [1.54, 1.807) is 24.3 Å². The fourth-order valence-corrected chi connectivity index (χ4v) is 9.64. The number of amides is 4. The van der Waals surface area contributed by atoms with Crippen LogP contribution in [0.25, 0.3) is 11.0 Å². The van der Waals surface area contributed by atoms with Crippen LogP contribution in [0.3, 0.4) is 0 Å². The number of nitrogens with zero attached hydrogens (tertiary/aromatic N) is 1. The number of fused-ring (bicyclic) bond motifs is 1. The largest absolute Gasteiger partial charge is 0.497 e. The molecule has 6 rings (SSSR count). The number of aryl methyl sites for hydroxylation is 2. The summed E-state index contributed by atoms with van der Waals surface area (Å²) in [5.41, 5.74) is 0.140. The quantitative estimate of drug-likeness (QED) is 0.0683. The van der Waals surface area contributed by atoms with Crippen LogP contribution in [0.15, 0.2) is 75.9 Å². The molecule has 2 aliphatic rings. The van der Waals surface area contributed by atoms with Gasteiger partial charge in [0.25, 0.3) is 0 Å². The van der Waals surface area contributed by atoms with Gasteiger partial charge in [-0.25, -0.2) is 9.18 Å². The number of methoxy groups -OCH3 is 1. The molecule has 2 heterocycles. The van der Waals surface area contributed by atoms with Crippen molar-refractivity contribution in [2.24, 2.45) is 5.92 Å². The zero-order valence-corrected chi connectivity index (χ0v) is 38.8. The lowest BCUT2D eigenvalue weighted by Crippen LogP contribution is -2.58. The number of hydrogen-bond donors (Lipinski definition) is 4. The van der Waals surface area contributed by atoms with Gasteiger partial charge in [-0.15, -0.1) is 0 Å². The average molecular weight is 952 g/mol. The van der Waals surface area contributed by atoms with E-state index in [0.29, 0.717) is 44.0 Å². The minimum absolute atomic E-state index is 0.00490. The Balaban J connectivity index is 1.19. The first-order valence-corrected chi connectivity index (χ1v) is 24.2. The second kappa shape index (κ2) is 23.7. The minimum atomic E-state index is -4.86. The van der Waals surface area contributed by atoms with Crippen LogP contribution in [0.2, 0.25) is 0 Å². The lowest BCUT2D eigenvalue weighted by Gasteiger charge is -2.29. The Morgan fingerprint density at radius 3 is 2.22 bits per heavy atom. The molecular formula is C48H59F2N5O11S. The smallest absolute Gasteiger partial charge is 0.336 e. The molecule has 19 heteroatoms. The molecule has 0 radical (unpaired) electrons. The maximum atomic E-state index is 15.6. The molecule has 2 fully saturated rings. The van der Waals surface area contributed by atoms with Crippen LogP contribution < -0.4 is 35.8 Å². The minimum Gasteiger partial charge on any atom is -0.497 e. The van der Waals surface area contributed by atoms with Crippen LogP contribution in [0.1, 0.15) is 68.6 Å². The maximum absolute atomic E-state index is 15.6. The van der Waals surface area contributed by atoms with Crippen molar-refractivity contribution in [2.75, 3.05) is 45.7 Å². The summed E-state index contributed by atoms with van der Waals surface area (Å²) in [7, 11) is -3.36. The first kappa shape index (κ1) is 50.5. The summed E-state index contributed by atoms with van der Waals surface area (Å²) < 4.78 is 79.0. The molecule has 4 amide bonds. The van der Waals surface area contributed by atoms with Crippen molar-refractivity contribution in [3.8, 4) is 11.5 Å². The Labute approximate surface area is 388 Å². The van der Waals surface area contributed by atoms with Crippen LogP contribution in [0, 0.1) is 24.5 Å². The van der Waals surface area contributed by atoms with Crippen LogP contribution in [-0.4, -0.2) is 107 Å². The molecule has 0 spiro atoms. The van der Waals surface area contributed by atoms with E-state index in [9.17, 15) is 32.4 Å². The molecule has 1 saturated heterocycles. The fraction of sp³-hybridized carbons (Fsp3) is 0.479. The second-order valence-corrected chi connectivity index (χ2v) is 18.9. The van der Waals surface area contributed by atoms with Crippen molar-refractivity contribution >= 4 is 44.7 Å². The molecular weight excluding hydrogens is 893 g/mol. The summed E-state index contributed by atoms with van der Waals surface area (Å²) in [6, 6.07) is 13.3. The Hall–Kier alpha value is -5.92. The standard InChI is InChI=1S/C48H59F2N5O11S/c1-30-24-42(57)65-44-37(30)27-38(49)45(43(44)50)66-67(61,62)29-35(25-33-12-8-5-9-13-33)52-48(60)40(26-34-14-17-36(63-3)18-15-34)54-46(58)31(2)51-47(59)39(19-16-32-10-6-4-7-11-32)53-41(56)28-55-20-22-64-23-21-55/h4,6-7,10-11,14-15,17-18,24,27,31,33,35,39-40H,5,8-9,12-13,16,19-23,25-26,28-29H2,1-3H3,(H,51,59)(H,52,60)(H,53,56)(H,54,58)/t31-,35-,39-,40-/m0/s1. The van der Waals surface area contributed by atoms with Gasteiger partial charge >= 0.3 is 15.7 Å². The predicted octanol–water partition coefficient (Wildman–Crippen LogP) is 4.23. The summed E-state index contributed by atoms with van der Waals surface area (Å²) in [5, 5.41) is 10.9. The summed E-state index contributed by atoms with van der Waals surface area (Å²) in [4.78, 5) is 69.3. The first-order chi connectivity index (χ1) is 32.1. The van der Waals surface area contributed by atoms with Crippen molar-refractivity contribution in [1.82, 2.24) is 26.2 Å². The number of nitrogens with one attached hydrogen (secondary N) is 4. The van der Waals surface area contributed by atoms with Gasteiger partial charge in [0.2, 0.25) is 35.2 Å². The summed E-state index contributed by atoms with van der Waals surface area (Å²) >= 11 is 0. The highest BCUT2D eigenvalue weighted by Gasteiger charge is 2.33. The first-order valence-electron chi connectivity index (χ1n) is 22.6. The number of halogens is 2. The van der Waals surface area contributed by atoms with E-state index in [0.717, 1.165) is 49.8 Å². The number of rotatable bonds is 21. The number of morpholine rings is 1. The highest BCUT2D eigenvalue weighted by Crippen LogP contribution is 2.33. The van der Waals surface area contributed by atoms with Gasteiger partial charge in [-0.2, -0.15) is 12.8 Å². The number of benzene rings is 3. The Kier molecular flexibility index (Phi) is 17.9. The third-order valence-corrected chi connectivity index (χ3v) is 13.3. The number of ether oxygens (including phenoxy) is 2. The van der Waals surface area contributed by atoms with Crippen molar-refractivity contribution in [1.29, 1.82) is 0 Å². The molecule has 0 unspecified atom stereocenters. The van der Waals surface area contributed by atoms with Crippen molar-refractivity contribution in [3.63, 3.8) is 0 Å². The van der Waals surface area contributed by atoms with E-state index >= 15 is 8.78 Å². The lowest BCUT2D eigenvalue weighted by molar-refractivity contribution is -0.134. The SMILES string of the molecule is COc1ccc(C[C@H](NC(=O)[C@H](C)NC(=O)[C@H](CCc2ccccc2)NC(=O)CN2CCOCC2)C(=O)N[C@@H](CC2CCCCC2)CS(=O)(=O)Oc2c(F)cc3c(C)cc(=O)oc3c2F)cc1. The van der Waals surface area contributed by atoms with Gasteiger partial charge in [0, 0.05) is 37.0 Å². The number of hydrogen-bond acceptors (Lipinski definition) is 12. The van der Waals surface area contributed by atoms with Crippen molar-refractivity contribution < 1.29 is 54.5 Å².